The van der Waals surface area contributed by atoms with Crippen LogP contribution in [0.5, 0.6) is 0 Å². The Morgan fingerprint density at radius 3 is 2.29 bits per heavy atom. The Kier molecular flexibility index (Phi) is 7.50. The van der Waals surface area contributed by atoms with Crippen LogP contribution in [0.3, 0.4) is 0 Å². The average molecular weight is 483 g/mol. The van der Waals surface area contributed by atoms with Crippen molar-refractivity contribution in [2.75, 3.05) is 13.2 Å². The highest BCUT2D eigenvalue weighted by atomic mass is 16.5. The minimum Gasteiger partial charge on any atom is -0.466 e. The first-order chi connectivity index (χ1) is 17.0. The second-order valence-corrected chi connectivity index (χ2v) is 11.5. The lowest BCUT2D eigenvalue weighted by atomic mass is 9.71. The Balaban J connectivity index is 1.19. The first-order valence-corrected chi connectivity index (χ1v) is 13.9. The lowest BCUT2D eigenvalue weighted by molar-refractivity contribution is -0.152. The van der Waals surface area contributed by atoms with Gasteiger partial charge in [-0.05, 0) is 95.6 Å². The van der Waals surface area contributed by atoms with Crippen molar-refractivity contribution in [2.45, 2.75) is 101 Å². The standard InChI is InChI=1S/C29H42N2O4/c1-2-34-27(33)24-19-29(31-25(24)22-9-14-28(15-10-22)13-6-18-30-28)16-11-23(12-17-29)26(32)35-20-21-7-4-3-5-8-21/h3-5,7-8,22-25,30-31H,2,6,9-20H2,1H3/t22?,23?,24-,25?,28?,29?/m1/s1. The van der Waals surface area contributed by atoms with Crippen LogP contribution in [0.2, 0.25) is 0 Å². The summed E-state index contributed by atoms with van der Waals surface area (Å²) in [5.74, 6) is 0.277. The van der Waals surface area contributed by atoms with E-state index in [0.717, 1.165) is 44.2 Å². The molecule has 2 atom stereocenters. The van der Waals surface area contributed by atoms with Crippen molar-refractivity contribution >= 4 is 11.9 Å². The van der Waals surface area contributed by atoms with Gasteiger partial charge in [0.05, 0.1) is 18.4 Å². The molecule has 1 unspecified atom stereocenters. The van der Waals surface area contributed by atoms with Crippen molar-refractivity contribution in [1.29, 1.82) is 0 Å². The summed E-state index contributed by atoms with van der Waals surface area (Å²) in [4.78, 5) is 25.8. The van der Waals surface area contributed by atoms with E-state index in [2.05, 4.69) is 10.6 Å². The zero-order chi connectivity index (χ0) is 24.3. The molecular formula is C29H42N2O4. The zero-order valence-electron chi connectivity index (χ0n) is 21.2. The summed E-state index contributed by atoms with van der Waals surface area (Å²) < 4.78 is 11.2. The minimum atomic E-state index is -0.0816. The van der Waals surface area contributed by atoms with Crippen LogP contribution in [0.15, 0.2) is 30.3 Å². The molecule has 0 aromatic heterocycles. The molecule has 6 heteroatoms. The van der Waals surface area contributed by atoms with E-state index in [9.17, 15) is 9.59 Å². The molecule has 2 saturated carbocycles. The van der Waals surface area contributed by atoms with E-state index in [0.29, 0.717) is 24.7 Å². The predicted octanol–water partition coefficient (Wildman–Crippen LogP) is 4.51. The largest absolute Gasteiger partial charge is 0.466 e. The van der Waals surface area contributed by atoms with E-state index in [4.69, 9.17) is 9.47 Å². The maximum Gasteiger partial charge on any atom is 0.310 e. The average Bonchev–Trinajstić information content (AvgIpc) is 3.50. The number of esters is 2. The van der Waals surface area contributed by atoms with Gasteiger partial charge in [0.2, 0.25) is 0 Å². The highest BCUT2D eigenvalue weighted by Gasteiger charge is 2.53. The minimum absolute atomic E-state index is 0.0365. The number of rotatable bonds is 6. The fourth-order valence-corrected chi connectivity index (χ4v) is 7.44. The van der Waals surface area contributed by atoms with Gasteiger partial charge >= 0.3 is 11.9 Å². The highest BCUT2D eigenvalue weighted by molar-refractivity contribution is 5.74. The van der Waals surface area contributed by atoms with Crippen molar-refractivity contribution < 1.29 is 19.1 Å². The molecule has 2 aliphatic carbocycles. The van der Waals surface area contributed by atoms with E-state index in [1.54, 1.807) is 0 Å². The Morgan fingerprint density at radius 2 is 1.63 bits per heavy atom. The molecule has 0 radical (unpaired) electrons. The van der Waals surface area contributed by atoms with Crippen molar-refractivity contribution in [3.63, 3.8) is 0 Å². The van der Waals surface area contributed by atoms with Crippen LogP contribution in [0.4, 0.5) is 0 Å². The molecule has 2 spiro atoms. The van der Waals surface area contributed by atoms with Crippen molar-refractivity contribution in [2.24, 2.45) is 17.8 Å². The maximum absolute atomic E-state index is 13.0. The molecule has 35 heavy (non-hydrogen) atoms. The Hall–Kier alpha value is -1.92. The van der Waals surface area contributed by atoms with Gasteiger partial charge in [-0.15, -0.1) is 0 Å². The van der Waals surface area contributed by atoms with E-state index in [-0.39, 0.29) is 35.4 Å². The van der Waals surface area contributed by atoms with Crippen LogP contribution in [0.1, 0.15) is 83.1 Å². The highest BCUT2D eigenvalue weighted by Crippen LogP contribution is 2.47. The number of hydrogen-bond donors (Lipinski definition) is 2. The van der Waals surface area contributed by atoms with Crippen LogP contribution in [0, 0.1) is 17.8 Å². The molecule has 2 N–H and O–H groups in total. The molecule has 4 fully saturated rings. The Morgan fingerprint density at radius 1 is 0.914 bits per heavy atom. The molecule has 0 bridgehead atoms. The lowest BCUT2D eigenvalue weighted by Gasteiger charge is -2.42. The molecule has 2 heterocycles. The Labute approximate surface area is 209 Å². The molecule has 2 saturated heterocycles. The second-order valence-electron chi connectivity index (χ2n) is 11.5. The summed E-state index contributed by atoms with van der Waals surface area (Å²) >= 11 is 0. The van der Waals surface area contributed by atoms with Gasteiger partial charge in [0.15, 0.2) is 0 Å². The fourth-order valence-electron chi connectivity index (χ4n) is 7.44. The zero-order valence-corrected chi connectivity index (χ0v) is 21.2. The van der Waals surface area contributed by atoms with E-state index in [1.807, 2.05) is 37.3 Å². The van der Waals surface area contributed by atoms with Crippen LogP contribution >= 0.6 is 0 Å². The SMILES string of the molecule is CCOC(=O)[C@@H]1CC2(CCC(C(=O)OCc3ccccc3)CC2)NC1C1CCC2(CCCN2)CC1. The molecule has 5 rings (SSSR count). The summed E-state index contributed by atoms with van der Waals surface area (Å²) in [6.45, 7) is 3.82. The van der Waals surface area contributed by atoms with Gasteiger partial charge in [0.1, 0.15) is 6.61 Å². The number of ether oxygens (including phenoxy) is 2. The maximum atomic E-state index is 13.0. The number of carbonyl (C=O) groups excluding carboxylic acids is 2. The monoisotopic (exact) mass is 482 g/mol. The quantitative estimate of drug-likeness (QED) is 0.581. The molecule has 0 amide bonds. The number of nitrogens with one attached hydrogen (secondary N) is 2. The molecule has 2 aliphatic heterocycles. The van der Waals surface area contributed by atoms with Crippen molar-refractivity contribution in [3.05, 3.63) is 35.9 Å². The third-order valence-electron chi connectivity index (χ3n) is 9.43. The summed E-state index contributed by atoms with van der Waals surface area (Å²) in [6, 6.07) is 10.1. The van der Waals surface area contributed by atoms with Crippen LogP contribution < -0.4 is 10.6 Å². The van der Waals surface area contributed by atoms with Gasteiger partial charge < -0.3 is 20.1 Å². The first-order valence-electron chi connectivity index (χ1n) is 13.9. The van der Waals surface area contributed by atoms with Gasteiger partial charge in [0, 0.05) is 17.1 Å². The summed E-state index contributed by atoms with van der Waals surface area (Å²) in [5.41, 5.74) is 1.32. The first kappa shape index (κ1) is 24.8. The summed E-state index contributed by atoms with van der Waals surface area (Å²) in [6.07, 6.45) is 11.7. The van der Waals surface area contributed by atoms with Crippen molar-refractivity contribution in [3.8, 4) is 0 Å². The molecule has 192 valence electrons. The van der Waals surface area contributed by atoms with Crippen LogP contribution in [-0.2, 0) is 25.7 Å². The molecular weight excluding hydrogens is 440 g/mol. The lowest BCUT2D eigenvalue weighted by Crippen LogP contribution is -2.51. The third kappa shape index (κ3) is 5.43. The van der Waals surface area contributed by atoms with E-state index < -0.39 is 0 Å². The molecule has 1 aromatic rings. The normalized spacial score (nSPS) is 36.9. The van der Waals surface area contributed by atoms with Crippen LogP contribution in [0.25, 0.3) is 0 Å². The molecule has 6 nitrogen and oxygen atoms in total. The van der Waals surface area contributed by atoms with Gasteiger partial charge in [-0.1, -0.05) is 30.3 Å². The fraction of sp³-hybridized carbons (Fsp3) is 0.724. The number of benzene rings is 1. The van der Waals surface area contributed by atoms with E-state index in [1.165, 1.54) is 38.5 Å². The smallest absolute Gasteiger partial charge is 0.310 e. The Bertz CT molecular complexity index is 864. The summed E-state index contributed by atoms with van der Waals surface area (Å²) in [5, 5.41) is 7.76. The predicted molar refractivity (Wildman–Crippen MR) is 135 cm³/mol. The third-order valence-corrected chi connectivity index (χ3v) is 9.43. The van der Waals surface area contributed by atoms with Crippen LogP contribution in [-0.4, -0.2) is 42.2 Å². The van der Waals surface area contributed by atoms with Gasteiger partial charge in [-0.3, -0.25) is 9.59 Å². The summed E-state index contributed by atoms with van der Waals surface area (Å²) in [7, 11) is 0. The van der Waals surface area contributed by atoms with Gasteiger partial charge in [-0.25, -0.2) is 0 Å². The molecule has 1 aromatic carbocycles. The van der Waals surface area contributed by atoms with Gasteiger partial charge in [-0.2, -0.15) is 0 Å². The number of hydrogen-bond acceptors (Lipinski definition) is 6. The van der Waals surface area contributed by atoms with Gasteiger partial charge in [0.25, 0.3) is 0 Å². The second kappa shape index (κ2) is 10.6. The topological polar surface area (TPSA) is 76.7 Å². The molecule has 4 aliphatic rings. The van der Waals surface area contributed by atoms with Crippen molar-refractivity contribution in [1.82, 2.24) is 10.6 Å². The number of carbonyl (C=O) groups is 2. The van der Waals surface area contributed by atoms with E-state index >= 15 is 0 Å².